The SMILES string of the molecule is COC(=O)C(CCCC(=O)O)C(=O)OC. The standard InChI is InChI=1S/C9H14O6/c1-14-8(12)6(9(13)15-2)4-3-5-7(10)11/h6H,3-5H2,1-2H3,(H,10,11). The molecule has 0 saturated carbocycles. The van der Waals surface area contributed by atoms with Crippen LogP contribution in [0.4, 0.5) is 0 Å². The number of methoxy groups -OCH3 is 2. The Hall–Kier alpha value is -1.59. The van der Waals surface area contributed by atoms with Crippen LogP contribution in [0.1, 0.15) is 19.3 Å². The van der Waals surface area contributed by atoms with Gasteiger partial charge in [0, 0.05) is 6.42 Å². The molecular weight excluding hydrogens is 204 g/mol. The van der Waals surface area contributed by atoms with Gasteiger partial charge in [-0.2, -0.15) is 0 Å². The molecule has 86 valence electrons. The zero-order chi connectivity index (χ0) is 11.8. The minimum atomic E-state index is -1.03. The van der Waals surface area contributed by atoms with Crippen LogP contribution in [-0.2, 0) is 23.9 Å². The number of carbonyl (C=O) groups excluding carboxylic acids is 2. The highest BCUT2D eigenvalue weighted by atomic mass is 16.5. The van der Waals surface area contributed by atoms with Gasteiger partial charge in [-0.05, 0) is 12.8 Å². The topological polar surface area (TPSA) is 89.9 Å². The van der Waals surface area contributed by atoms with Crippen molar-refractivity contribution in [3.8, 4) is 0 Å². The van der Waals surface area contributed by atoms with Crippen molar-refractivity contribution in [2.45, 2.75) is 19.3 Å². The van der Waals surface area contributed by atoms with E-state index in [1.807, 2.05) is 0 Å². The summed E-state index contributed by atoms with van der Waals surface area (Å²) >= 11 is 0. The van der Waals surface area contributed by atoms with E-state index in [2.05, 4.69) is 9.47 Å². The van der Waals surface area contributed by atoms with Gasteiger partial charge in [-0.15, -0.1) is 0 Å². The summed E-state index contributed by atoms with van der Waals surface area (Å²) in [6.45, 7) is 0. The molecule has 0 radical (unpaired) electrons. The maximum Gasteiger partial charge on any atom is 0.320 e. The van der Waals surface area contributed by atoms with E-state index in [-0.39, 0.29) is 19.3 Å². The highest BCUT2D eigenvalue weighted by Crippen LogP contribution is 2.12. The second kappa shape index (κ2) is 6.80. The Labute approximate surface area is 87.2 Å². The molecule has 0 aliphatic carbocycles. The molecule has 0 aromatic carbocycles. The molecule has 0 heterocycles. The zero-order valence-electron chi connectivity index (χ0n) is 8.69. The Balaban J connectivity index is 4.19. The third-order valence-electron chi connectivity index (χ3n) is 1.85. The van der Waals surface area contributed by atoms with Crippen molar-refractivity contribution < 1.29 is 29.0 Å². The van der Waals surface area contributed by atoms with Crippen LogP contribution in [0.5, 0.6) is 0 Å². The van der Waals surface area contributed by atoms with Crippen molar-refractivity contribution >= 4 is 17.9 Å². The van der Waals surface area contributed by atoms with Crippen LogP contribution in [-0.4, -0.2) is 37.2 Å². The first-order valence-corrected chi connectivity index (χ1v) is 4.40. The van der Waals surface area contributed by atoms with Crippen LogP contribution in [0, 0.1) is 5.92 Å². The molecule has 6 nitrogen and oxygen atoms in total. The maximum atomic E-state index is 11.1. The average molecular weight is 218 g/mol. The monoisotopic (exact) mass is 218 g/mol. The summed E-state index contributed by atoms with van der Waals surface area (Å²) < 4.78 is 8.81. The summed E-state index contributed by atoms with van der Waals surface area (Å²) in [4.78, 5) is 32.5. The van der Waals surface area contributed by atoms with Gasteiger partial charge in [0.2, 0.25) is 0 Å². The molecule has 0 unspecified atom stereocenters. The number of carboxylic acids is 1. The molecule has 0 saturated heterocycles. The van der Waals surface area contributed by atoms with Crippen LogP contribution in [0.3, 0.4) is 0 Å². The minimum absolute atomic E-state index is 0.0928. The quantitative estimate of drug-likeness (QED) is 0.506. The van der Waals surface area contributed by atoms with Crippen LogP contribution in [0.25, 0.3) is 0 Å². The Bertz CT molecular complexity index is 231. The van der Waals surface area contributed by atoms with E-state index in [0.717, 1.165) is 14.2 Å². The second-order valence-corrected chi connectivity index (χ2v) is 2.88. The average Bonchev–Trinajstić information content (AvgIpc) is 2.22. The van der Waals surface area contributed by atoms with E-state index in [4.69, 9.17) is 5.11 Å². The zero-order valence-corrected chi connectivity index (χ0v) is 8.69. The summed E-state index contributed by atoms with van der Waals surface area (Å²) in [6, 6.07) is 0. The number of aliphatic carboxylic acids is 1. The number of carboxylic acid groups (broad SMARTS) is 1. The predicted octanol–water partition coefficient (Wildman–Crippen LogP) is 0.203. The third-order valence-corrected chi connectivity index (χ3v) is 1.85. The first kappa shape index (κ1) is 13.4. The van der Waals surface area contributed by atoms with E-state index >= 15 is 0 Å². The third kappa shape index (κ3) is 4.99. The van der Waals surface area contributed by atoms with Gasteiger partial charge in [0.15, 0.2) is 5.92 Å². The molecule has 0 bridgehead atoms. The fraction of sp³-hybridized carbons (Fsp3) is 0.667. The van der Waals surface area contributed by atoms with Gasteiger partial charge in [0.1, 0.15) is 0 Å². The Kier molecular flexibility index (Phi) is 6.08. The number of ether oxygens (including phenoxy) is 2. The molecule has 0 aromatic heterocycles. The molecule has 0 aliphatic rings. The van der Waals surface area contributed by atoms with E-state index in [1.54, 1.807) is 0 Å². The van der Waals surface area contributed by atoms with Gasteiger partial charge in [-0.25, -0.2) is 0 Å². The van der Waals surface area contributed by atoms with Gasteiger partial charge in [0.25, 0.3) is 0 Å². The number of hydrogen-bond donors (Lipinski definition) is 1. The predicted molar refractivity (Wildman–Crippen MR) is 49.0 cm³/mol. The summed E-state index contributed by atoms with van der Waals surface area (Å²) in [5, 5.41) is 8.39. The molecule has 0 amide bonds. The second-order valence-electron chi connectivity index (χ2n) is 2.88. The normalized spacial score (nSPS) is 9.80. The molecule has 0 aliphatic heterocycles. The van der Waals surface area contributed by atoms with Crippen LogP contribution >= 0.6 is 0 Å². The lowest BCUT2D eigenvalue weighted by Crippen LogP contribution is -2.26. The summed E-state index contributed by atoms with van der Waals surface area (Å²) in [7, 11) is 2.32. The number of rotatable bonds is 6. The van der Waals surface area contributed by atoms with Crippen LogP contribution in [0.2, 0.25) is 0 Å². The fourth-order valence-corrected chi connectivity index (χ4v) is 1.07. The molecule has 0 aromatic rings. The fourth-order valence-electron chi connectivity index (χ4n) is 1.07. The maximum absolute atomic E-state index is 11.1. The molecule has 6 heteroatoms. The first-order valence-electron chi connectivity index (χ1n) is 4.40. The van der Waals surface area contributed by atoms with Crippen molar-refractivity contribution in [1.82, 2.24) is 0 Å². The van der Waals surface area contributed by atoms with Crippen molar-refractivity contribution in [3.05, 3.63) is 0 Å². The van der Waals surface area contributed by atoms with Crippen molar-refractivity contribution in [2.24, 2.45) is 5.92 Å². The minimum Gasteiger partial charge on any atom is -0.481 e. The van der Waals surface area contributed by atoms with Crippen molar-refractivity contribution in [1.29, 1.82) is 0 Å². The molecule has 0 spiro atoms. The molecule has 0 fully saturated rings. The lowest BCUT2D eigenvalue weighted by atomic mass is 10.0. The van der Waals surface area contributed by atoms with Gasteiger partial charge >= 0.3 is 17.9 Å². The van der Waals surface area contributed by atoms with Gasteiger partial charge in [-0.3, -0.25) is 14.4 Å². The number of carbonyl (C=O) groups is 3. The van der Waals surface area contributed by atoms with Crippen molar-refractivity contribution in [3.63, 3.8) is 0 Å². The van der Waals surface area contributed by atoms with Crippen molar-refractivity contribution in [2.75, 3.05) is 14.2 Å². The summed E-state index contributed by atoms with van der Waals surface area (Å²) in [5.74, 6) is -3.40. The summed E-state index contributed by atoms with van der Waals surface area (Å²) in [6.07, 6.45) is 0.250. The molecule has 0 rings (SSSR count). The Morgan fingerprint density at radius 3 is 1.93 bits per heavy atom. The number of hydrogen-bond acceptors (Lipinski definition) is 5. The van der Waals surface area contributed by atoms with E-state index in [1.165, 1.54) is 0 Å². The molecule has 0 atom stereocenters. The Morgan fingerprint density at radius 1 is 1.13 bits per heavy atom. The Morgan fingerprint density at radius 2 is 1.60 bits per heavy atom. The highest BCUT2D eigenvalue weighted by molar-refractivity contribution is 5.94. The van der Waals surface area contributed by atoms with Gasteiger partial charge in [0.05, 0.1) is 14.2 Å². The molecular formula is C9H14O6. The largest absolute Gasteiger partial charge is 0.481 e. The van der Waals surface area contributed by atoms with Gasteiger partial charge < -0.3 is 14.6 Å². The van der Waals surface area contributed by atoms with E-state index < -0.39 is 23.8 Å². The van der Waals surface area contributed by atoms with Gasteiger partial charge in [-0.1, -0.05) is 0 Å². The highest BCUT2D eigenvalue weighted by Gasteiger charge is 2.28. The molecule has 1 N–H and O–H groups in total. The van der Waals surface area contributed by atoms with E-state index in [9.17, 15) is 14.4 Å². The van der Waals surface area contributed by atoms with Crippen LogP contribution in [0.15, 0.2) is 0 Å². The first-order chi connectivity index (χ1) is 7.02. The summed E-state index contributed by atoms with van der Waals surface area (Å²) in [5.41, 5.74) is 0. The smallest absolute Gasteiger partial charge is 0.320 e. The molecule has 15 heavy (non-hydrogen) atoms. The lowest BCUT2D eigenvalue weighted by molar-refractivity contribution is -0.159. The number of esters is 2. The lowest BCUT2D eigenvalue weighted by Gasteiger charge is -2.11. The van der Waals surface area contributed by atoms with E-state index in [0.29, 0.717) is 0 Å². The van der Waals surface area contributed by atoms with Crippen LogP contribution < -0.4 is 0 Å².